The van der Waals surface area contributed by atoms with E-state index in [0.717, 1.165) is 26.1 Å². The average Bonchev–Trinajstić information content (AvgIpc) is 2.99. The van der Waals surface area contributed by atoms with E-state index in [1.54, 1.807) is 12.1 Å². The van der Waals surface area contributed by atoms with Crippen LogP contribution in [0.4, 0.5) is 4.39 Å². The van der Waals surface area contributed by atoms with E-state index in [-0.39, 0.29) is 17.6 Å². The minimum absolute atomic E-state index is 0.0775. The van der Waals surface area contributed by atoms with Gasteiger partial charge in [0.05, 0.1) is 0 Å². The SMILES string of the molecule is CC(CCc1ccccc1F)C(=O)NCCC1CCNC1. The maximum absolute atomic E-state index is 13.5. The van der Waals surface area contributed by atoms with E-state index >= 15 is 0 Å². The predicted molar refractivity (Wildman–Crippen MR) is 82.5 cm³/mol. The lowest BCUT2D eigenvalue weighted by molar-refractivity contribution is -0.124. The van der Waals surface area contributed by atoms with Crippen molar-refractivity contribution in [3.63, 3.8) is 0 Å². The van der Waals surface area contributed by atoms with Gasteiger partial charge in [-0.2, -0.15) is 0 Å². The first-order valence-corrected chi connectivity index (χ1v) is 7.88. The van der Waals surface area contributed by atoms with Gasteiger partial charge in [0.1, 0.15) is 5.82 Å². The zero-order valence-electron chi connectivity index (χ0n) is 12.7. The number of hydrogen-bond acceptors (Lipinski definition) is 2. The Balaban J connectivity index is 1.66. The number of amides is 1. The Morgan fingerprint density at radius 2 is 2.29 bits per heavy atom. The minimum atomic E-state index is -0.182. The van der Waals surface area contributed by atoms with Crippen molar-refractivity contribution in [1.82, 2.24) is 10.6 Å². The number of hydrogen-bond donors (Lipinski definition) is 2. The van der Waals surface area contributed by atoms with Gasteiger partial charge in [0.2, 0.25) is 5.91 Å². The summed E-state index contributed by atoms with van der Waals surface area (Å²) in [5, 5.41) is 6.33. The smallest absolute Gasteiger partial charge is 0.222 e. The van der Waals surface area contributed by atoms with Crippen molar-refractivity contribution >= 4 is 5.91 Å². The fraction of sp³-hybridized carbons (Fsp3) is 0.588. The summed E-state index contributed by atoms with van der Waals surface area (Å²) < 4.78 is 13.5. The van der Waals surface area contributed by atoms with Crippen molar-refractivity contribution in [1.29, 1.82) is 0 Å². The van der Waals surface area contributed by atoms with Crippen molar-refractivity contribution in [2.45, 2.75) is 32.6 Å². The lowest BCUT2D eigenvalue weighted by Gasteiger charge is -2.14. The molecule has 21 heavy (non-hydrogen) atoms. The molecule has 0 bridgehead atoms. The number of carbonyl (C=O) groups excluding carboxylic acids is 1. The van der Waals surface area contributed by atoms with Gasteiger partial charge in [0, 0.05) is 12.5 Å². The zero-order valence-corrected chi connectivity index (χ0v) is 12.7. The first kappa shape index (κ1) is 16.0. The van der Waals surface area contributed by atoms with Gasteiger partial charge in [0.25, 0.3) is 0 Å². The summed E-state index contributed by atoms with van der Waals surface area (Å²) >= 11 is 0. The maximum atomic E-state index is 13.5. The first-order chi connectivity index (χ1) is 10.2. The van der Waals surface area contributed by atoms with Crippen LogP contribution in [-0.4, -0.2) is 25.5 Å². The molecular weight excluding hydrogens is 267 g/mol. The molecule has 4 heteroatoms. The van der Waals surface area contributed by atoms with E-state index in [9.17, 15) is 9.18 Å². The van der Waals surface area contributed by atoms with Gasteiger partial charge < -0.3 is 10.6 Å². The molecule has 1 fully saturated rings. The van der Waals surface area contributed by atoms with Crippen LogP contribution in [0, 0.1) is 17.7 Å². The van der Waals surface area contributed by atoms with E-state index in [4.69, 9.17) is 0 Å². The summed E-state index contributed by atoms with van der Waals surface area (Å²) in [5.41, 5.74) is 0.689. The van der Waals surface area contributed by atoms with Gasteiger partial charge >= 0.3 is 0 Å². The van der Waals surface area contributed by atoms with Crippen molar-refractivity contribution in [2.24, 2.45) is 11.8 Å². The van der Waals surface area contributed by atoms with Crippen LogP contribution in [0.3, 0.4) is 0 Å². The Morgan fingerprint density at radius 3 is 3.00 bits per heavy atom. The molecular formula is C17H25FN2O. The van der Waals surface area contributed by atoms with E-state index in [1.165, 1.54) is 12.5 Å². The molecule has 0 aliphatic carbocycles. The van der Waals surface area contributed by atoms with Gasteiger partial charge in [-0.25, -0.2) is 4.39 Å². The van der Waals surface area contributed by atoms with Crippen LogP contribution < -0.4 is 10.6 Å². The van der Waals surface area contributed by atoms with Crippen LogP contribution in [0.5, 0.6) is 0 Å². The third kappa shape index (κ3) is 5.12. The molecule has 1 aliphatic heterocycles. The summed E-state index contributed by atoms with van der Waals surface area (Å²) in [4.78, 5) is 12.0. The monoisotopic (exact) mass is 292 g/mol. The molecule has 2 rings (SSSR count). The highest BCUT2D eigenvalue weighted by Gasteiger charge is 2.16. The van der Waals surface area contributed by atoms with E-state index in [1.807, 2.05) is 13.0 Å². The highest BCUT2D eigenvalue weighted by atomic mass is 19.1. The van der Waals surface area contributed by atoms with Crippen LogP contribution in [0.2, 0.25) is 0 Å². The van der Waals surface area contributed by atoms with Gasteiger partial charge in [-0.1, -0.05) is 25.1 Å². The largest absolute Gasteiger partial charge is 0.356 e. The minimum Gasteiger partial charge on any atom is -0.356 e. The molecule has 1 aromatic carbocycles. The highest BCUT2D eigenvalue weighted by Crippen LogP contribution is 2.14. The Labute approximate surface area is 126 Å². The molecule has 2 atom stereocenters. The lowest BCUT2D eigenvalue weighted by Crippen LogP contribution is -2.31. The van der Waals surface area contributed by atoms with Crippen LogP contribution in [0.1, 0.15) is 31.7 Å². The topological polar surface area (TPSA) is 41.1 Å². The van der Waals surface area contributed by atoms with Gasteiger partial charge in [-0.15, -0.1) is 0 Å². The van der Waals surface area contributed by atoms with Crippen LogP contribution in [-0.2, 0) is 11.2 Å². The van der Waals surface area contributed by atoms with Crippen molar-refractivity contribution in [2.75, 3.05) is 19.6 Å². The molecule has 0 spiro atoms. The summed E-state index contributed by atoms with van der Waals surface area (Å²) in [6.07, 6.45) is 3.53. The summed E-state index contributed by atoms with van der Waals surface area (Å²) in [5.74, 6) is 0.515. The fourth-order valence-electron chi connectivity index (χ4n) is 2.74. The molecule has 0 saturated carbocycles. The van der Waals surface area contributed by atoms with Crippen LogP contribution >= 0.6 is 0 Å². The fourth-order valence-corrected chi connectivity index (χ4v) is 2.74. The molecule has 1 aliphatic rings. The summed E-state index contributed by atoms with van der Waals surface area (Å²) in [7, 11) is 0. The second kappa shape index (κ2) is 8.13. The van der Waals surface area contributed by atoms with E-state index in [0.29, 0.717) is 24.3 Å². The Kier molecular flexibility index (Phi) is 6.18. The molecule has 2 N–H and O–H groups in total. The van der Waals surface area contributed by atoms with E-state index < -0.39 is 0 Å². The van der Waals surface area contributed by atoms with Gasteiger partial charge in [-0.05, 0) is 56.3 Å². The molecule has 0 aromatic heterocycles. The van der Waals surface area contributed by atoms with Crippen LogP contribution in [0.25, 0.3) is 0 Å². The standard InChI is InChI=1S/C17H25FN2O/c1-13(6-7-15-4-2-3-5-16(15)18)17(21)20-11-9-14-8-10-19-12-14/h2-5,13-14,19H,6-12H2,1H3,(H,20,21). The normalized spacial score (nSPS) is 19.4. The Morgan fingerprint density at radius 1 is 1.48 bits per heavy atom. The second-order valence-electron chi connectivity index (χ2n) is 5.97. The third-order valence-corrected chi connectivity index (χ3v) is 4.27. The number of aryl methyl sites for hydroxylation is 1. The number of halogens is 1. The van der Waals surface area contributed by atoms with E-state index in [2.05, 4.69) is 10.6 Å². The van der Waals surface area contributed by atoms with Crippen LogP contribution in [0.15, 0.2) is 24.3 Å². The molecule has 1 saturated heterocycles. The second-order valence-corrected chi connectivity index (χ2v) is 5.97. The van der Waals surface area contributed by atoms with Crippen molar-refractivity contribution in [3.8, 4) is 0 Å². The third-order valence-electron chi connectivity index (χ3n) is 4.27. The predicted octanol–water partition coefficient (Wildman–Crippen LogP) is 2.51. The molecule has 1 amide bonds. The number of rotatable bonds is 7. The summed E-state index contributed by atoms with van der Waals surface area (Å²) in [6, 6.07) is 6.77. The molecule has 0 radical (unpaired) electrons. The molecule has 1 aromatic rings. The highest BCUT2D eigenvalue weighted by molar-refractivity contribution is 5.78. The molecule has 116 valence electrons. The number of benzene rings is 1. The quantitative estimate of drug-likeness (QED) is 0.811. The maximum Gasteiger partial charge on any atom is 0.222 e. The first-order valence-electron chi connectivity index (χ1n) is 7.88. The Hall–Kier alpha value is -1.42. The van der Waals surface area contributed by atoms with Gasteiger partial charge in [0.15, 0.2) is 0 Å². The number of nitrogens with one attached hydrogen (secondary N) is 2. The number of carbonyl (C=O) groups is 1. The van der Waals surface area contributed by atoms with Gasteiger partial charge in [-0.3, -0.25) is 4.79 Å². The molecule has 3 nitrogen and oxygen atoms in total. The molecule has 2 unspecified atom stereocenters. The molecule has 1 heterocycles. The van der Waals surface area contributed by atoms with Crippen molar-refractivity contribution < 1.29 is 9.18 Å². The lowest BCUT2D eigenvalue weighted by atomic mass is 9.99. The van der Waals surface area contributed by atoms with Crippen molar-refractivity contribution in [3.05, 3.63) is 35.6 Å². The zero-order chi connectivity index (χ0) is 15.1. The average molecular weight is 292 g/mol. The Bertz CT molecular complexity index is 458. The summed E-state index contributed by atoms with van der Waals surface area (Å²) in [6.45, 7) is 4.82.